The fourth-order valence-electron chi connectivity index (χ4n) is 1.57. The molecule has 0 aromatic carbocycles. The van der Waals surface area contributed by atoms with Gasteiger partial charge < -0.3 is 16.0 Å². The van der Waals surface area contributed by atoms with Crippen molar-refractivity contribution in [2.45, 2.75) is 20.8 Å². The Balaban J connectivity index is 2.59. The van der Waals surface area contributed by atoms with E-state index in [1.54, 1.807) is 11.1 Å². The number of hydrogen-bond donors (Lipinski definition) is 2. The van der Waals surface area contributed by atoms with Crippen molar-refractivity contribution in [3.8, 4) is 0 Å². The van der Waals surface area contributed by atoms with Gasteiger partial charge >= 0.3 is 0 Å². The van der Waals surface area contributed by atoms with Crippen LogP contribution in [0.4, 0.5) is 11.5 Å². The number of aryl methyl sites for hydroxylation is 1. The van der Waals surface area contributed by atoms with E-state index in [2.05, 4.69) is 24.1 Å². The average Bonchev–Trinajstić information content (AvgIpc) is 2.26. The highest BCUT2D eigenvalue weighted by molar-refractivity contribution is 5.82. The van der Waals surface area contributed by atoms with Crippen molar-refractivity contribution in [3.05, 3.63) is 17.8 Å². The van der Waals surface area contributed by atoms with Gasteiger partial charge in [0.25, 0.3) is 0 Å². The first-order valence-electron chi connectivity index (χ1n) is 6.10. The van der Waals surface area contributed by atoms with Crippen molar-refractivity contribution in [2.24, 2.45) is 5.92 Å². The zero-order chi connectivity index (χ0) is 13.7. The van der Waals surface area contributed by atoms with Gasteiger partial charge in [0.2, 0.25) is 5.91 Å². The molecule has 18 heavy (non-hydrogen) atoms. The Morgan fingerprint density at radius 2 is 2.22 bits per heavy atom. The molecule has 5 nitrogen and oxygen atoms in total. The molecule has 0 radical (unpaired) electrons. The van der Waals surface area contributed by atoms with Crippen LogP contribution >= 0.6 is 0 Å². The summed E-state index contributed by atoms with van der Waals surface area (Å²) in [7, 11) is 1.81. The van der Waals surface area contributed by atoms with Crippen molar-refractivity contribution in [2.75, 3.05) is 30.8 Å². The maximum atomic E-state index is 11.7. The predicted molar refractivity (Wildman–Crippen MR) is 74.5 cm³/mol. The quantitative estimate of drug-likeness (QED) is 0.823. The minimum absolute atomic E-state index is 0.0204. The summed E-state index contributed by atoms with van der Waals surface area (Å²) in [6.45, 7) is 6.99. The zero-order valence-electron chi connectivity index (χ0n) is 11.5. The minimum atomic E-state index is -0.0204. The van der Waals surface area contributed by atoms with E-state index in [9.17, 15) is 4.79 Å². The van der Waals surface area contributed by atoms with Gasteiger partial charge in [-0.05, 0) is 24.5 Å². The molecule has 0 saturated carbocycles. The summed E-state index contributed by atoms with van der Waals surface area (Å²) in [4.78, 5) is 17.7. The molecular weight excluding hydrogens is 228 g/mol. The SMILES string of the molecule is Cc1cnc(N(C)CC(=O)NCC(C)C)c(N)c1. The standard InChI is InChI=1S/C13H22N4O/c1-9(2)6-15-12(18)8-17(4)13-11(14)5-10(3)7-16-13/h5,7,9H,6,8,14H2,1-4H3,(H,15,18). The second-order valence-corrected chi connectivity index (χ2v) is 4.98. The molecule has 0 aliphatic heterocycles. The number of pyridine rings is 1. The molecule has 0 bridgehead atoms. The molecule has 0 atom stereocenters. The topological polar surface area (TPSA) is 71.2 Å². The third kappa shape index (κ3) is 4.24. The van der Waals surface area contributed by atoms with Gasteiger partial charge in [0.15, 0.2) is 5.82 Å². The lowest BCUT2D eigenvalue weighted by molar-refractivity contribution is -0.119. The fraction of sp³-hybridized carbons (Fsp3) is 0.538. The van der Waals surface area contributed by atoms with Crippen LogP contribution in [0.15, 0.2) is 12.3 Å². The first-order valence-corrected chi connectivity index (χ1v) is 6.10. The van der Waals surface area contributed by atoms with E-state index in [4.69, 9.17) is 5.73 Å². The van der Waals surface area contributed by atoms with Crippen LogP contribution in [0.3, 0.4) is 0 Å². The van der Waals surface area contributed by atoms with Gasteiger partial charge in [-0.1, -0.05) is 13.8 Å². The van der Waals surface area contributed by atoms with Crippen molar-refractivity contribution in [3.63, 3.8) is 0 Å². The Bertz CT molecular complexity index is 417. The van der Waals surface area contributed by atoms with Crippen LogP contribution in [0.25, 0.3) is 0 Å². The van der Waals surface area contributed by atoms with E-state index < -0.39 is 0 Å². The Morgan fingerprint density at radius 3 is 2.78 bits per heavy atom. The van der Waals surface area contributed by atoms with E-state index in [-0.39, 0.29) is 12.5 Å². The van der Waals surface area contributed by atoms with Crippen molar-refractivity contribution in [1.29, 1.82) is 0 Å². The Hall–Kier alpha value is -1.78. The molecule has 0 aliphatic rings. The summed E-state index contributed by atoms with van der Waals surface area (Å²) < 4.78 is 0. The smallest absolute Gasteiger partial charge is 0.239 e. The van der Waals surface area contributed by atoms with Gasteiger partial charge in [0, 0.05) is 19.8 Å². The molecule has 1 heterocycles. The second-order valence-electron chi connectivity index (χ2n) is 4.98. The van der Waals surface area contributed by atoms with Crippen LogP contribution in [0, 0.1) is 12.8 Å². The Labute approximate surface area is 108 Å². The molecule has 1 amide bonds. The molecule has 100 valence electrons. The highest BCUT2D eigenvalue weighted by atomic mass is 16.2. The summed E-state index contributed by atoms with van der Waals surface area (Å²) in [5.74, 6) is 1.06. The highest BCUT2D eigenvalue weighted by Gasteiger charge is 2.11. The van der Waals surface area contributed by atoms with Crippen molar-refractivity contribution >= 4 is 17.4 Å². The van der Waals surface area contributed by atoms with E-state index in [1.165, 1.54) is 0 Å². The molecule has 5 heteroatoms. The summed E-state index contributed by atoms with van der Waals surface area (Å²) in [6, 6.07) is 1.85. The predicted octanol–water partition coefficient (Wildman–Crippen LogP) is 1.18. The molecular formula is C13H22N4O. The lowest BCUT2D eigenvalue weighted by atomic mass is 10.2. The van der Waals surface area contributed by atoms with Gasteiger partial charge in [-0.15, -0.1) is 0 Å². The van der Waals surface area contributed by atoms with Gasteiger partial charge in [-0.3, -0.25) is 4.79 Å². The number of nitrogens with one attached hydrogen (secondary N) is 1. The lowest BCUT2D eigenvalue weighted by Crippen LogP contribution is -2.37. The van der Waals surface area contributed by atoms with Crippen LogP contribution in [-0.2, 0) is 4.79 Å². The Kier molecular flexibility index (Phi) is 4.95. The molecule has 1 aromatic rings. The number of carbonyl (C=O) groups is 1. The van der Waals surface area contributed by atoms with Crippen LogP contribution < -0.4 is 16.0 Å². The largest absolute Gasteiger partial charge is 0.396 e. The maximum Gasteiger partial charge on any atom is 0.239 e. The number of rotatable bonds is 5. The fourth-order valence-corrected chi connectivity index (χ4v) is 1.57. The van der Waals surface area contributed by atoms with Gasteiger partial charge in [0.1, 0.15) is 0 Å². The van der Waals surface area contributed by atoms with Crippen LogP contribution in [-0.4, -0.2) is 31.0 Å². The van der Waals surface area contributed by atoms with E-state index in [1.807, 2.05) is 20.0 Å². The molecule has 0 saturated heterocycles. The minimum Gasteiger partial charge on any atom is -0.396 e. The number of anilines is 2. The van der Waals surface area contributed by atoms with Crippen LogP contribution in [0.1, 0.15) is 19.4 Å². The Morgan fingerprint density at radius 1 is 1.56 bits per heavy atom. The molecule has 0 spiro atoms. The number of nitrogens with zero attached hydrogens (tertiary/aromatic N) is 2. The van der Waals surface area contributed by atoms with Crippen molar-refractivity contribution in [1.82, 2.24) is 10.3 Å². The summed E-state index contributed by atoms with van der Waals surface area (Å²) in [5, 5.41) is 2.86. The highest BCUT2D eigenvalue weighted by Crippen LogP contribution is 2.19. The first-order chi connectivity index (χ1) is 8.40. The third-order valence-corrected chi connectivity index (χ3v) is 2.48. The van der Waals surface area contributed by atoms with E-state index in [0.29, 0.717) is 24.0 Å². The number of nitrogen functional groups attached to an aromatic ring is 1. The second kappa shape index (κ2) is 6.23. The normalized spacial score (nSPS) is 10.5. The van der Waals surface area contributed by atoms with Crippen molar-refractivity contribution < 1.29 is 4.79 Å². The molecule has 1 rings (SSSR count). The van der Waals surface area contributed by atoms with Gasteiger partial charge in [-0.2, -0.15) is 0 Å². The number of carbonyl (C=O) groups excluding carboxylic acids is 1. The summed E-state index contributed by atoms with van der Waals surface area (Å²) in [6.07, 6.45) is 1.74. The first kappa shape index (κ1) is 14.3. The molecule has 0 fully saturated rings. The summed E-state index contributed by atoms with van der Waals surface area (Å²) >= 11 is 0. The average molecular weight is 250 g/mol. The number of aromatic nitrogens is 1. The maximum absolute atomic E-state index is 11.7. The lowest BCUT2D eigenvalue weighted by Gasteiger charge is -2.19. The number of nitrogens with two attached hydrogens (primary N) is 1. The number of amides is 1. The van der Waals surface area contributed by atoms with E-state index in [0.717, 1.165) is 5.56 Å². The van der Waals surface area contributed by atoms with E-state index >= 15 is 0 Å². The molecule has 0 aliphatic carbocycles. The van der Waals surface area contributed by atoms with Gasteiger partial charge in [0.05, 0.1) is 12.2 Å². The third-order valence-electron chi connectivity index (χ3n) is 2.48. The zero-order valence-corrected chi connectivity index (χ0v) is 11.5. The van der Waals surface area contributed by atoms with Crippen LogP contribution in [0.2, 0.25) is 0 Å². The molecule has 3 N–H and O–H groups in total. The van der Waals surface area contributed by atoms with Crippen LogP contribution in [0.5, 0.6) is 0 Å². The monoisotopic (exact) mass is 250 g/mol. The molecule has 0 unspecified atom stereocenters. The number of likely N-dealkylation sites (N-methyl/N-ethyl adjacent to an activating group) is 1. The number of hydrogen-bond acceptors (Lipinski definition) is 4. The van der Waals surface area contributed by atoms with Gasteiger partial charge in [-0.25, -0.2) is 4.98 Å². The molecule has 1 aromatic heterocycles. The summed E-state index contributed by atoms with van der Waals surface area (Å²) in [5.41, 5.74) is 7.48.